The number of hydrogen-bond donors (Lipinski definition) is 0. The molecule has 0 spiro atoms. The molecule has 0 unspecified atom stereocenters. The van der Waals surface area contributed by atoms with Gasteiger partial charge in [0, 0.05) is 21.8 Å². The van der Waals surface area contributed by atoms with Gasteiger partial charge in [0.2, 0.25) is 0 Å². The zero-order valence-electron chi connectivity index (χ0n) is 17.5. The minimum Gasteiger partial charge on any atom is -1.00 e. The Morgan fingerprint density at radius 2 is 0.958 bits per heavy atom. The van der Waals surface area contributed by atoms with E-state index in [2.05, 4.69) is 92.6 Å². The molecule has 0 amide bonds. The monoisotopic (exact) mass is 353 g/mol. The number of nitrogens with zero attached hydrogens (tertiary/aromatic N) is 1. The Labute approximate surface area is 157 Å². The van der Waals surface area contributed by atoms with E-state index in [1.54, 1.807) is 0 Å². The molecule has 1 nitrogen and oxygen atoms in total. The number of benzene rings is 1. The van der Waals surface area contributed by atoms with Gasteiger partial charge in [0.05, 0.1) is 19.6 Å². The van der Waals surface area contributed by atoms with Crippen molar-refractivity contribution < 1.29 is 16.9 Å². The second-order valence-corrected chi connectivity index (χ2v) is 11.1. The van der Waals surface area contributed by atoms with Crippen molar-refractivity contribution in [3.63, 3.8) is 0 Å². The van der Waals surface area contributed by atoms with Crippen LogP contribution in [0.4, 0.5) is 0 Å². The van der Waals surface area contributed by atoms with Crippen LogP contribution >= 0.6 is 0 Å². The molecule has 0 atom stereocenters. The highest BCUT2D eigenvalue weighted by Gasteiger charge is 2.39. The molecule has 140 valence electrons. The van der Waals surface area contributed by atoms with Crippen LogP contribution in [0.5, 0.6) is 0 Å². The molecule has 0 aliphatic carbocycles. The lowest BCUT2D eigenvalue weighted by atomic mass is 9.85. The largest absolute Gasteiger partial charge is 1.00 e. The second kappa shape index (κ2) is 8.23. The lowest BCUT2D eigenvalue weighted by Crippen LogP contribution is -3.00. The van der Waals surface area contributed by atoms with Gasteiger partial charge in [-0.1, -0.05) is 92.6 Å². The van der Waals surface area contributed by atoms with Gasteiger partial charge in [0.25, 0.3) is 0 Å². The highest BCUT2D eigenvalue weighted by molar-refractivity contribution is 5.13. The van der Waals surface area contributed by atoms with Gasteiger partial charge < -0.3 is 16.9 Å². The van der Waals surface area contributed by atoms with E-state index in [4.69, 9.17) is 0 Å². The van der Waals surface area contributed by atoms with Gasteiger partial charge in [-0.05, 0) is 0 Å². The van der Waals surface area contributed by atoms with E-state index in [0.717, 1.165) is 6.54 Å². The molecule has 0 saturated carbocycles. The Bertz CT molecular complexity index is 431. The average molecular weight is 354 g/mol. The molecule has 0 aliphatic heterocycles. The van der Waals surface area contributed by atoms with Crippen LogP contribution in [0.2, 0.25) is 0 Å². The molecule has 0 N–H and O–H groups in total. The summed E-state index contributed by atoms with van der Waals surface area (Å²) in [6.45, 7) is 26.3. The molecule has 24 heavy (non-hydrogen) atoms. The Balaban J connectivity index is 0.00000529. The number of quaternary nitrogens is 1. The van der Waals surface area contributed by atoms with E-state index >= 15 is 0 Å². The first-order chi connectivity index (χ1) is 10.2. The minimum atomic E-state index is 0. The van der Waals surface area contributed by atoms with Crippen molar-refractivity contribution in [2.24, 2.45) is 16.2 Å². The van der Waals surface area contributed by atoms with Crippen LogP contribution in [0.15, 0.2) is 30.3 Å². The fourth-order valence-electron chi connectivity index (χ4n) is 4.32. The third kappa shape index (κ3) is 9.69. The highest BCUT2D eigenvalue weighted by atomic mass is 35.5. The third-order valence-electron chi connectivity index (χ3n) is 3.79. The molecule has 0 fully saturated rings. The predicted octanol–water partition coefficient (Wildman–Crippen LogP) is 3.15. The molecule has 0 aromatic heterocycles. The van der Waals surface area contributed by atoms with E-state index in [-0.39, 0.29) is 12.4 Å². The fraction of sp³-hybridized carbons (Fsp3) is 0.727. The lowest BCUT2D eigenvalue weighted by Gasteiger charge is -2.49. The van der Waals surface area contributed by atoms with E-state index in [9.17, 15) is 0 Å². The van der Waals surface area contributed by atoms with Gasteiger partial charge in [-0.3, -0.25) is 0 Å². The molecule has 1 rings (SSSR count). The summed E-state index contributed by atoms with van der Waals surface area (Å²) in [6.07, 6.45) is 0. The van der Waals surface area contributed by atoms with Gasteiger partial charge in [-0.25, -0.2) is 0 Å². The molecular weight excluding hydrogens is 314 g/mol. The lowest BCUT2D eigenvalue weighted by molar-refractivity contribution is -0.956. The number of rotatable bonds is 5. The van der Waals surface area contributed by atoms with Crippen LogP contribution in [-0.2, 0) is 6.54 Å². The summed E-state index contributed by atoms with van der Waals surface area (Å²) < 4.78 is 1.17. The molecule has 0 radical (unpaired) electrons. The van der Waals surface area contributed by atoms with Gasteiger partial charge >= 0.3 is 0 Å². The van der Waals surface area contributed by atoms with Crippen LogP contribution in [0.1, 0.15) is 67.9 Å². The smallest absolute Gasteiger partial charge is 0.104 e. The van der Waals surface area contributed by atoms with Crippen LogP contribution in [0, 0.1) is 16.2 Å². The molecule has 0 aliphatic rings. The molecule has 1 aromatic carbocycles. The number of halogens is 1. The average Bonchev–Trinajstić information content (AvgIpc) is 2.21. The molecular formula is C22H40ClN. The minimum absolute atomic E-state index is 0. The Morgan fingerprint density at radius 1 is 0.625 bits per heavy atom. The molecule has 1 aromatic rings. The quantitative estimate of drug-likeness (QED) is 0.713. The van der Waals surface area contributed by atoms with Crippen LogP contribution in [-0.4, -0.2) is 24.1 Å². The zero-order valence-corrected chi connectivity index (χ0v) is 18.3. The summed E-state index contributed by atoms with van der Waals surface area (Å²) in [4.78, 5) is 0. The van der Waals surface area contributed by atoms with E-state index < -0.39 is 0 Å². The summed E-state index contributed by atoms with van der Waals surface area (Å²) in [6, 6.07) is 11.1. The van der Waals surface area contributed by atoms with E-state index in [1.807, 2.05) is 0 Å². The Morgan fingerprint density at radius 3 is 1.25 bits per heavy atom. The standard InChI is InChI=1S/C22H40N.ClH/c1-20(2,3)16-23(17-21(4,5)6,18-22(7,8)9)15-19-13-11-10-12-14-19;/h10-14H,15-18H2,1-9H3;1H/q+1;/p-1. The predicted molar refractivity (Wildman–Crippen MR) is 103 cm³/mol. The number of hydrogen-bond acceptors (Lipinski definition) is 0. The fourth-order valence-corrected chi connectivity index (χ4v) is 4.32. The van der Waals surface area contributed by atoms with Crippen molar-refractivity contribution in [1.82, 2.24) is 0 Å². The normalized spacial score (nSPS) is 13.5. The summed E-state index contributed by atoms with van der Waals surface area (Å²) in [5.41, 5.74) is 2.44. The van der Waals surface area contributed by atoms with Crippen molar-refractivity contribution in [3.8, 4) is 0 Å². The maximum absolute atomic E-state index is 2.39. The first-order valence-corrected chi connectivity index (χ1v) is 9.09. The Kier molecular flexibility index (Phi) is 8.05. The summed E-state index contributed by atoms with van der Waals surface area (Å²) in [7, 11) is 0. The van der Waals surface area contributed by atoms with Crippen molar-refractivity contribution in [1.29, 1.82) is 0 Å². The molecule has 2 heteroatoms. The van der Waals surface area contributed by atoms with E-state index in [1.165, 1.54) is 29.7 Å². The van der Waals surface area contributed by atoms with Crippen LogP contribution in [0.3, 0.4) is 0 Å². The van der Waals surface area contributed by atoms with Gasteiger partial charge in [-0.2, -0.15) is 0 Å². The summed E-state index contributed by atoms with van der Waals surface area (Å²) in [5.74, 6) is 0. The van der Waals surface area contributed by atoms with Gasteiger partial charge in [0.15, 0.2) is 0 Å². The van der Waals surface area contributed by atoms with Crippen LogP contribution in [0.25, 0.3) is 0 Å². The van der Waals surface area contributed by atoms with Crippen molar-refractivity contribution in [2.45, 2.75) is 68.9 Å². The zero-order chi connectivity index (χ0) is 17.9. The van der Waals surface area contributed by atoms with Gasteiger partial charge in [-0.15, -0.1) is 0 Å². The first kappa shape index (κ1) is 23.5. The maximum Gasteiger partial charge on any atom is 0.104 e. The van der Waals surface area contributed by atoms with Crippen molar-refractivity contribution in [2.75, 3.05) is 19.6 Å². The first-order valence-electron chi connectivity index (χ1n) is 9.09. The highest BCUT2D eigenvalue weighted by Crippen LogP contribution is 2.33. The van der Waals surface area contributed by atoms with Crippen LogP contribution < -0.4 is 12.4 Å². The topological polar surface area (TPSA) is 0 Å². The molecule has 0 saturated heterocycles. The Hall–Kier alpha value is -0.530. The summed E-state index contributed by atoms with van der Waals surface area (Å²) >= 11 is 0. The SMILES string of the molecule is CC(C)(C)C[N+](Cc1ccccc1)(CC(C)(C)C)CC(C)(C)C.[Cl-]. The third-order valence-corrected chi connectivity index (χ3v) is 3.79. The maximum atomic E-state index is 2.39. The van der Waals surface area contributed by atoms with Gasteiger partial charge in [0.1, 0.15) is 6.54 Å². The molecule has 0 heterocycles. The van der Waals surface area contributed by atoms with Crippen molar-refractivity contribution in [3.05, 3.63) is 35.9 Å². The van der Waals surface area contributed by atoms with Crippen molar-refractivity contribution >= 4 is 0 Å². The molecule has 0 bridgehead atoms. The second-order valence-electron chi connectivity index (χ2n) is 11.1. The van der Waals surface area contributed by atoms with E-state index in [0.29, 0.717) is 16.2 Å². The summed E-state index contributed by atoms with van der Waals surface area (Å²) in [5, 5.41) is 0.